The molecule has 0 aromatic heterocycles. The molecule has 1 heterocycles. The van der Waals surface area contributed by atoms with E-state index < -0.39 is 0 Å². The van der Waals surface area contributed by atoms with E-state index in [4.69, 9.17) is 0 Å². The molecule has 1 amide bonds. The lowest BCUT2D eigenvalue weighted by Gasteiger charge is -2.16. The summed E-state index contributed by atoms with van der Waals surface area (Å²) in [6.07, 6.45) is 0. The Labute approximate surface area is 131 Å². The first kappa shape index (κ1) is 14.8. The van der Waals surface area contributed by atoms with E-state index in [2.05, 4.69) is 29.0 Å². The molecule has 0 bridgehead atoms. The minimum atomic E-state index is -0.0136. The van der Waals surface area contributed by atoms with Crippen molar-refractivity contribution < 1.29 is 4.79 Å². The number of carbonyl (C=O) groups excluding carboxylic acids is 1. The number of hydrogen-bond acceptors (Lipinski definition) is 3. The third kappa shape index (κ3) is 4.16. The molecule has 0 aliphatic carbocycles. The fourth-order valence-electron chi connectivity index (χ4n) is 2.47. The lowest BCUT2D eigenvalue weighted by Crippen LogP contribution is -2.30. The number of rotatable bonds is 5. The molecule has 0 atom stereocenters. The zero-order chi connectivity index (χ0) is 15.2. The Balaban J connectivity index is 1.46. The van der Waals surface area contributed by atoms with Crippen molar-refractivity contribution in [2.24, 2.45) is 0 Å². The molecule has 0 unspecified atom stereocenters. The van der Waals surface area contributed by atoms with Gasteiger partial charge in [-0.2, -0.15) is 0 Å². The minimum absolute atomic E-state index is 0.0136. The molecule has 1 N–H and O–H groups in total. The number of anilines is 1. The normalized spacial score (nSPS) is 15.8. The molecule has 1 saturated heterocycles. The summed E-state index contributed by atoms with van der Waals surface area (Å²) in [4.78, 5) is 16.1. The van der Waals surface area contributed by atoms with Gasteiger partial charge in [0.2, 0.25) is 5.91 Å². The maximum absolute atomic E-state index is 12.0. The number of nitrogens with zero attached hydrogens (tertiary/aromatic N) is 2. The maximum Gasteiger partial charge on any atom is 0.238 e. The maximum atomic E-state index is 12.0. The van der Waals surface area contributed by atoms with Crippen LogP contribution in [0.5, 0.6) is 0 Å². The van der Waals surface area contributed by atoms with Gasteiger partial charge >= 0.3 is 0 Å². The van der Waals surface area contributed by atoms with E-state index in [1.165, 1.54) is 5.56 Å². The van der Waals surface area contributed by atoms with E-state index >= 15 is 0 Å². The summed E-state index contributed by atoms with van der Waals surface area (Å²) in [5.74, 6) is -0.0136. The van der Waals surface area contributed by atoms with Crippen LogP contribution in [-0.4, -0.2) is 35.3 Å². The second-order valence-electron chi connectivity index (χ2n) is 5.34. The topological polar surface area (TPSA) is 35.6 Å². The van der Waals surface area contributed by atoms with Gasteiger partial charge < -0.3 is 5.32 Å². The zero-order valence-electron chi connectivity index (χ0n) is 12.4. The molecule has 1 aliphatic heterocycles. The first-order valence-corrected chi connectivity index (χ1v) is 7.44. The molecule has 112 valence electrons. The molecular weight excluding hydrogens is 274 g/mol. The van der Waals surface area contributed by atoms with Gasteiger partial charge in [0.05, 0.1) is 6.54 Å². The molecule has 1 fully saturated rings. The van der Waals surface area contributed by atoms with Crippen LogP contribution in [0.1, 0.15) is 5.56 Å². The van der Waals surface area contributed by atoms with Gasteiger partial charge in [-0.05, 0) is 17.7 Å². The van der Waals surface area contributed by atoms with Gasteiger partial charge in [0.1, 0.15) is 6.67 Å². The van der Waals surface area contributed by atoms with E-state index in [0.717, 1.165) is 25.3 Å². The molecule has 1 aliphatic rings. The van der Waals surface area contributed by atoms with Crippen molar-refractivity contribution in [3.63, 3.8) is 0 Å². The van der Waals surface area contributed by atoms with Gasteiger partial charge in [-0.1, -0.05) is 48.5 Å². The van der Waals surface area contributed by atoms with Crippen LogP contribution in [0, 0.1) is 6.67 Å². The van der Waals surface area contributed by atoms with Gasteiger partial charge in [0.15, 0.2) is 0 Å². The standard InChI is InChI=1S/C18H19N3O/c22-18(19-17-9-5-2-6-10-17)14-21-12-11-20(15-21)13-16-7-3-1-4-8-16/h1-10H,11-14H2,(H,19,22). The molecule has 22 heavy (non-hydrogen) atoms. The molecule has 2 aromatic rings. The second kappa shape index (κ2) is 7.20. The number of carbonyl (C=O) groups is 1. The van der Waals surface area contributed by atoms with Crippen LogP contribution >= 0.6 is 0 Å². The summed E-state index contributed by atoms with van der Waals surface area (Å²) in [6, 6.07) is 19.8. The first-order chi connectivity index (χ1) is 10.8. The van der Waals surface area contributed by atoms with Crippen LogP contribution in [-0.2, 0) is 11.3 Å². The van der Waals surface area contributed by atoms with E-state index in [0.29, 0.717) is 6.54 Å². The summed E-state index contributed by atoms with van der Waals surface area (Å²) >= 11 is 0. The minimum Gasteiger partial charge on any atom is -0.325 e. The van der Waals surface area contributed by atoms with Crippen molar-refractivity contribution in [3.05, 3.63) is 72.9 Å². The van der Waals surface area contributed by atoms with Crippen LogP contribution < -0.4 is 5.32 Å². The summed E-state index contributed by atoms with van der Waals surface area (Å²) in [6.45, 7) is 6.15. The molecule has 2 radical (unpaired) electrons. The highest BCUT2D eigenvalue weighted by molar-refractivity contribution is 5.92. The number of nitrogens with one attached hydrogen (secondary N) is 1. The molecule has 0 spiro atoms. The SMILES string of the molecule is O=C(CN1[C]N(Cc2ccccc2)CC1)Nc1ccccc1. The number of hydrogen-bond donors (Lipinski definition) is 1. The third-order valence-electron chi connectivity index (χ3n) is 3.53. The van der Waals surface area contributed by atoms with Crippen molar-refractivity contribution in [3.8, 4) is 0 Å². The lowest BCUT2D eigenvalue weighted by atomic mass is 10.2. The fourth-order valence-corrected chi connectivity index (χ4v) is 2.47. The van der Waals surface area contributed by atoms with Crippen molar-refractivity contribution in [1.82, 2.24) is 9.80 Å². The average Bonchev–Trinajstić information content (AvgIpc) is 2.96. The molecular formula is C18H19N3O. The number of para-hydroxylation sites is 1. The van der Waals surface area contributed by atoms with Crippen LogP contribution in [0.25, 0.3) is 0 Å². The van der Waals surface area contributed by atoms with E-state index in [-0.39, 0.29) is 5.91 Å². The monoisotopic (exact) mass is 293 g/mol. The van der Waals surface area contributed by atoms with Gasteiger partial charge in [-0.3, -0.25) is 14.6 Å². The van der Waals surface area contributed by atoms with Crippen LogP contribution in [0.2, 0.25) is 0 Å². The predicted octanol–water partition coefficient (Wildman–Crippen LogP) is 2.44. The van der Waals surface area contributed by atoms with Gasteiger partial charge in [0, 0.05) is 25.3 Å². The summed E-state index contributed by atoms with van der Waals surface area (Å²) < 4.78 is 0. The van der Waals surface area contributed by atoms with Crippen molar-refractivity contribution in [1.29, 1.82) is 0 Å². The number of amides is 1. The summed E-state index contributed by atoms with van der Waals surface area (Å²) in [5, 5.41) is 2.89. The second-order valence-corrected chi connectivity index (χ2v) is 5.34. The Kier molecular flexibility index (Phi) is 4.83. The van der Waals surface area contributed by atoms with E-state index in [9.17, 15) is 4.79 Å². The highest BCUT2D eigenvalue weighted by Crippen LogP contribution is 2.14. The Morgan fingerprint density at radius 1 is 0.955 bits per heavy atom. The van der Waals surface area contributed by atoms with E-state index in [1.807, 2.05) is 53.4 Å². The Morgan fingerprint density at radius 2 is 1.59 bits per heavy atom. The highest BCUT2D eigenvalue weighted by Gasteiger charge is 2.23. The zero-order valence-corrected chi connectivity index (χ0v) is 12.4. The van der Waals surface area contributed by atoms with Crippen LogP contribution in [0.3, 0.4) is 0 Å². The fraction of sp³-hybridized carbons (Fsp3) is 0.222. The van der Waals surface area contributed by atoms with Gasteiger partial charge in [-0.25, -0.2) is 0 Å². The Bertz CT molecular complexity index is 600. The molecule has 4 heteroatoms. The van der Waals surface area contributed by atoms with E-state index in [1.54, 1.807) is 0 Å². The van der Waals surface area contributed by atoms with Crippen molar-refractivity contribution in [2.45, 2.75) is 6.54 Å². The summed E-state index contributed by atoms with van der Waals surface area (Å²) in [7, 11) is 0. The summed E-state index contributed by atoms with van der Waals surface area (Å²) in [5.41, 5.74) is 2.08. The van der Waals surface area contributed by atoms with Gasteiger partial charge in [-0.15, -0.1) is 0 Å². The average molecular weight is 293 g/mol. The Hall–Kier alpha value is -2.17. The molecule has 0 saturated carbocycles. The molecule has 4 nitrogen and oxygen atoms in total. The molecule has 2 aromatic carbocycles. The largest absolute Gasteiger partial charge is 0.325 e. The smallest absolute Gasteiger partial charge is 0.238 e. The quantitative estimate of drug-likeness (QED) is 0.919. The highest BCUT2D eigenvalue weighted by atomic mass is 16.2. The number of benzene rings is 2. The predicted molar refractivity (Wildman–Crippen MR) is 86.7 cm³/mol. The van der Waals surface area contributed by atoms with Crippen molar-refractivity contribution in [2.75, 3.05) is 25.0 Å². The third-order valence-corrected chi connectivity index (χ3v) is 3.53. The van der Waals surface area contributed by atoms with Gasteiger partial charge in [0.25, 0.3) is 0 Å². The van der Waals surface area contributed by atoms with Crippen molar-refractivity contribution >= 4 is 11.6 Å². The van der Waals surface area contributed by atoms with Crippen LogP contribution in [0.15, 0.2) is 60.7 Å². The lowest BCUT2D eigenvalue weighted by molar-refractivity contribution is -0.116. The van der Waals surface area contributed by atoms with Crippen LogP contribution in [0.4, 0.5) is 5.69 Å². The first-order valence-electron chi connectivity index (χ1n) is 7.44. The molecule has 3 rings (SSSR count). The Morgan fingerprint density at radius 3 is 2.32 bits per heavy atom.